The number of nitrogen functional groups attached to an aromatic ring is 1. The smallest absolute Gasteiger partial charge is 0.270 e. The summed E-state index contributed by atoms with van der Waals surface area (Å²) in [5, 5.41) is 4.56. The van der Waals surface area contributed by atoms with Crippen molar-refractivity contribution in [1.82, 2.24) is 10.3 Å². The second-order valence-corrected chi connectivity index (χ2v) is 5.32. The molecular weight excluding hydrogens is 294 g/mol. The van der Waals surface area contributed by atoms with Gasteiger partial charge in [-0.3, -0.25) is 9.78 Å². The Morgan fingerprint density at radius 3 is 2.89 bits per heavy atom. The first-order valence-corrected chi connectivity index (χ1v) is 6.59. The summed E-state index contributed by atoms with van der Waals surface area (Å²) in [7, 11) is 0. The van der Waals surface area contributed by atoms with Crippen LogP contribution in [0.25, 0.3) is 10.8 Å². The minimum absolute atomic E-state index is 0.145. The number of hydrogen-bond acceptors (Lipinski definition) is 3. The minimum Gasteiger partial charge on any atom is -0.398 e. The van der Waals surface area contributed by atoms with Gasteiger partial charge in [-0.05, 0) is 31.0 Å². The summed E-state index contributed by atoms with van der Waals surface area (Å²) in [4.78, 5) is 16.3. The molecule has 1 aliphatic carbocycles. The predicted molar refractivity (Wildman–Crippen MR) is 74.3 cm³/mol. The molecule has 1 aromatic heterocycles. The largest absolute Gasteiger partial charge is 0.398 e. The highest BCUT2D eigenvalue weighted by Gasteiger charge is 2.25. The molecule has 0 saturated heterocycles. The van der Waals surface area contributed by atoms with E-state index in [1.807, 2.05) is 12.1 Å². The molecular formula is C13H12BrN3O. The number of nitrogens with two attached hydrogens (primary N) is 1. The van der Waals surface area contributed by atoms with Gasteiger partial charge in [-0.2, -0.15) is 0 Å². The fourth-order valence-electron chi connectivity index (χ4n) is 1.94. The van der Waals surface area contributed by atoms with E-state index in [2.05, 4.69) is 26.2 Å². The first-order valence-electron chi connectivity index (χ1n) is 5.80. The lowest BCUT2D eigenvalue weighted by Gasteiger charge is -2.09. The number of benzene rings is 1. The molecule has 1 heterocycles. The van der Waals surface area contributed by atoms with E-state index in [1.54, 1.807) is 12.3 Å². The average molecular weight is 306 g/mol. The van der Waals surface area contributed by atoms with E-state index in [4.69, 9.17) is 5.73 Å². The predicted octanol–water partition coefficient (Wildman–Crippen LogP) is 2.47. The van der Waals surface area contributed by atoms with Crippen molar-refractivity contribution in [3.63, 3.8) is 0 Å². The van der Waals surface area contributed by atoms with E-state index < -0.39 is 0 Å². The molecule has 0 radical (unpaired) electrons. The first-order chi connectivity index (χ1) is 8.66. The van der Waals surface area contributed by atoms with Crippen molar-refractivity contribution in [3.8, 4) is 0 Å². The van der Waals surface area contributed by atoms with Crippen molar-refractivity contribution in [2.24, 2.45) is 0 Å². The van der Waals surface area contributed by atoms with Gasteiger partial charge < -0.3 is 11.1 Å². The fraction of sp³-hybridized carbons (Fsp3) is 0.231. The molecule has 3 N–H and O–H groups in total. The fourth-order valence-corrected chi connectivity index (χ4v) is 2.41. The Morgan fingerprint density at radius 2 is 2.17 bits per heavy atom. The van der Waals surface area contributed by atoms with Crippen LogP contribution in [0.4, 0.5) is 5.69 Å². The van der Waals surface area contributed by atoms with E-state index in [1.165, 1.54) is 0 Å². The number of anilines is 1. The lowest BCUT2D eigenvalue weighted by molar-refractivity contribution is 0.0948. The van der Waals surface area contributed by atoms with Crippen LogP contribution in [-0.4, -0.2) is 16.9 Å². The summed E-state index contributed by atoms with van der Waals surface area (Å²) in [5.74, 6) is -0.145. The first kappa shape index (κ1) is 11.5. The number of carbonyl (C=O) groups is 1. The summed E-state index contributed by atoms with van der Waals surface area (Å²) >= 11 is 3.46. The van der Waals surface area contributed by atoms with Gasteiger partial charge in [0.2, 0.25) is 0 Å². The molecule has 4 nitrogen and oxygen atoms in total. The standard InChI is InChI=1S/C13H12BrN3O/c14-9-3-4-10(15)11-8(9)5-6-16-12(11)13(18)17-7-1-2-7/h3-7H,1-2,15H2,(H,17,18). The van der Waals surface area contributed by atoms with Gasteiger partial charge in [-0.15, -0.1) is 0 Å². The van der Waals surface area contributed by atoms with E-state index in [-0.39, 0.29) is 5.91 Å². The van der Waals surface area contributed by atoms with Gasteiger partial charge in [-0.1, -0.05) is 15.9 Å². The average Bonchev–Trinajstić information content (AvgIpc) is 3.17. The summed E-state index contributed by atoms with van der Waals surface area (Å²) in [6.45, 7) is 0. The zero-order chi connectivity index (χ0) is 12.7. The third kappa shape index (κ3) is 1.95. The minimum atomic E-state index is -0.145. The molecule has 0 atom stereocenters. The van der Waals surface area contributed by atoms with E-state index in [9.17, 15) is 4.79 Å². The van der Waals surface area contributed by atoms with Crippen molar-refractivity contribution in [2.75, 3.05) is 5.73 Å². The Morgan fingerprint density at radius 1 is 1.39 bits per heavy atom. The molecule has 18 heavy (non-hydrogen) atoms. The van der Waals surface area contributed by atoms with Crippen LogP contribution in [0, 0.1) is 0 Å². The maximum atomic E-state index is 12.1. The number of aromatic nitrogens is 1. The molecule has 0 aliphatic heterocycles. The molecule has 1 aliphatic rings. The van der Waals surface area contributed by atoms with Crippen LogP contribution < -0.4 is 11.1 Å². The number of nitrogens with one attached hydrogen (secondary N) is 1. The zero-order valence-corrected chi connectivity index (χ0v) is 11.2. The van der Waals surface area contributed by atoms with Crippen molar-refractivity contribution in [1.29, 1.82) is 0 Å². The van der Waals surface area contributed by atoms with Crippen molar-refractivity contribution < 1.29 is 4.79 Å². The van der Waals surface area contributed by atoms with Crippen LogP contribution in [-0.2, 0) is 0 Å². The lowest BCUT2D eigenvalue weighted by atomic mass is 10.1. The van der Waals surface area contributed by atoms with Gasteiger partial charge >= 0.3 is 0 Å². The van der Waals surface area contributed by atoms with Crippen molar-refractivity contribution in [2.45, 2.75) is 18.9 Å². The molecule has 3 rings (SSSR count). The van der Waals surface area contributed by atoms with Gasteiger partial charge in [0.25, 0.3) is 5.91 Å². The summed E-state index contributed by atoms with van der Waals surface area (Å²) in [5.41, 5.74) is 6.94. The Labute approximate surface area is 113 Å². The molecule has 92 valence electrons. The highest BCUT2D eigenvalue weighted by molar-refractivity contribution is 9.10. The van der Waals surface area contributed by atoms with Crippen molar-refractivity contribution >= 4 is 38.3 Å². The van der Waals surface area contributed by atoms with E-state index in [0.717, 1.165) is 22.7 Å². The van der Waals surface area contributed by atoms with Gasteiger partial charge in [-0.25, -0.2) is 0 Å². The van der Waals surface area contributed by atoms with Gasteiger partial charge in [0.15, 0.2) is 0 Å². The number of nitrogens with zero attached hydrogens (tertiary/aromatic N) is 1. The molecule has 1 amide bonds. The number of amides is 1. The zero-order valence-electron chi connectivity index (χ0n) is 9.61. The molecule has 2 aromatic rings. The molecule has 0 bridgehead atoms. The quantitative estimate of drug-likeness (QED) is 0.838. The van der Waals surface area contributed by atoms with Gasteiger partial charge in [0.05, 0.1) is 0 Å². The topological polar surface area (TPSA) is 68.0 Å². The van der Waals surface area contributed by atoms with Crippen LogP contribution in [0.5, 0.6) is 0 Å². The number of halogens is 1. The number of fused-ring (bicyclic) bond motifs is 1. The summed E-state index contributed by atoms with van der Waals surface area (Å²) in [6, 6.07) is 5.81. The van der Waals surface area contributed by atoms with E-state index in [0.29, 0.717) is 22.8 Å². The monoisotopic (exact) mass is 305 g/mol. The third-order valence-electron chi connectivity index (χ3n) is 3.03. The molecule has 5 heteroatoms. The summed E-state index contributed by atoms with van der Waals surface area (Å²) < 4.78 is 0.912. The number of hydrogen-bond donors (Lipinski definition) is 2. The SMILES string of the molecule is Nc1ccc(Br)c2ccnc(C(=O)NC3CC3)c12. The number of carbonyl (C=O) groups excluding carboxylic acids is 1. The maximum absolute atomic E-state index is 12.1. The highest BCUT2D eigenvalue weighted by atomic mass is 79.9. The Hall–Kier alpha value is -1.62. The lowest BCUT2D eigenvalue weighted by Crippen LogP contribution is -2.26. The van der Waals surface area contributed by atoms with Crippen LogP contribution in [0.1, 0.15) is 23.3 Å². The van der Waals surface area contributed by atoms with Gasteiger partial charge in [0, 0.05) is 33.2 Å². The van der Waals surface area contributed by atoms with Crippen molar-refractivity contribution in [3.05, 3.63) is 34.6 Å². The van der Waals surface area contributed by atoms with Crippen LogP contribution in [0.15, 0.2) is 28.9 Å². The number of rotatable bonds is 2. The number of pyridine rings is 1. The molecule has 0 spiro atoms. The Balaban J connectivity index is 2.16. The van der Waals surface area contributed by atoms with Crippen LogP contribution in [0.2, 0.25) is 0 Å². The highest BCUT2D eigenvalue weighted by Crippen LogP contribution is 2.30. The van der Waals surface area contributed by atoms with Crippen LogP contribution >= 0.6 is 15.9 Å². The Kier molecular flexibility index (Phi) is 2.70. The molecule has 1 saturated carbocycles. The third-order valence-corrected chi connectivity index (χ3v) is 3.73. The van der Waals surface area contributed by atoms with Crippen LogP contribution in [0.3, 0.4) is 0 Å². The second-order valence-electron chi connectivity index (χ2n) is 4.47. The molecule has 0 unspecified atom stereocenters. The maximum Gasteiger partial charge on any atom is 0.270 e. The van der Waals surface area contributed by atoms with E-state index >= 15 is 0 Å². The Bertz CT molecular complexity index is 637. The molecule has 1 aromatic carbocycles. The second kappa shape index (κ2) is 4.24. The van der Waals surface area contributed by atoms with Gasteiger partial charge in [0.1, 0.15) is 5.69 Å². The normalized spacial score (nSPS) is 14.7. The summed E-state index contributed by atoms with van der Waals surface area (Å²) in [6.07, 6.45) is 3.74. The molecule has 1 fully saturated rings.